The molecule has 0 bridgehead atoms. The Morgan fingerprint density at radius 3 is 2.59 bits per heavy atom. The maximum Gasteiger partial charge on any atom is 0.338 e. The summed E-state index contributed by atoms with van der Waals surface area (Å²) in [7, 11) is -2.53. The highest BCUT2D eigenvalue weighted by atomic mass is 32.2. The molecule has 0 aliphatic heterocycles. The molecule has 1 unspecified atom stereocenters. The first-order chi connectivity index (χ1) is 18.9. The highest BCUT2D eigenvalue weighted by Crippen LogP contribution is 2.17. The summed E-state index contributed by atoms with van der Waals surface area (Å²) in [6, 6.07) is 22.3. The number of aromatic nitrogens is 1. The summed E-state index contributed by atoms with van der Waals surface area (Å²) < 4.78 is 41.2. The van der Waals surface area contributed by atoms with E-state index in [4.69, 9.17) is 18.5 Å². The van der Waals surface area contributed by atoms with Crippen molar-refractivity contribution in [1.82, 2.24) is 4.98 Å². The monoisotopic (exact) mass is 548 g/mol. The van der Waals surface area contributed by atoms with Crippen LogP contribution in [0.25, 0.3) is 10.9 Å². The number of esters is 1. The number of methoxy groups -OCH3 is 1. The Bertz CT molecular complexity index is 1550. The predicted molar refractivity (Wildman–Crippen MR) is 146 cm³/mol. The summed E-state index contributed by atoms with van der Waals surface area (Å²) in [5.74, 6) is -0.0242. The number of para-hydroxylation sites is 1. The Kier molecular flexibility index (Phi) is 9.24. The van der Waals surface area contributed by atoms with Gasteiger partial charge >= 0.3 is 5.97 Å². The van der Waals surface area contributed by atoms with Gasteiger partial charge in [0.15, 0.2) is 6.10 Å². The first-order valence-corrected chi connectivity index (χ1v) is 13.6. The Morgan fingerprint density at radius 2 is 1.79 bits per heavy atom. The molecule has 39 heavy (non-hydrogen) atoms. The molecular formula is C29H28N2O7S. The van der Waals surface area contributed by atoms with Gasteiger partial charge in [0.05, 0.1) is 35.9 Å². The average molecular weight is 549 g/mol. The summed E-state index contributed by atoms with van der Waals surface area (Å²) >= 11 is 0. The van der Waals surface area contributed by atoms with Gasteiger partial charge in [-0.2, -0.15) is 8.42 Å². The van der Waals surface area contributed by atoms with Crippen molar-refractivity contribution in [3.05, 3.63) is 102 Å². The molecule has 3 aromatic carbocycles. The van der Waals surface area contributed by atoms with Gasteiger partial charge < -0.3 is 14.3 Å². The van der Waals surface area contributed by atoms with Crippen LogP contribution in [0.2, 0.25) is 0 Å². The number of hydrogen-bond donors (Lipinski definition) is 0. The fourth-order valence-electron chi connectivity index (χ4n) is 3.63. The number of benzene rings is 3. The molecule has 0 aliphatic rings. The molecule has 1 atom stereocenters. The normalized spacial score (nSPS) is 12.4. The van der Waals surface area contributed by atoms with Crippen LogP contribution in [0.15, 0.2) is 95.1 Å². The maximum absolute atomic E-state index is 12.7. The lowest BCUT2D eigenvalue weighted by Gasteiger charge is -2.15. The van der Waals surface area contributed by atoms with Gasteiger partial charge in [-0.25, -0.2) is 4.79 Å². The molecule has 4 rings (SSSR count). The van der Waals surface area contributed by atoms with Crippen molar-refractivity contribution in [3.63, 3.8) is 0 Å². The van der Waals surface area contributed by atoms with E-state index in [0.29, 0.717) is 11.3 Å². The number of oxime groups is 1. The minimum Gasteiger partial charge on any atom is -0.497 e. The van der Waals surface area contributed by atoms with Crippen molar-refractivity contribution < 1.29 is 31.7 Å². The van der Waals surface area contributed by atoms with Crippen LogP contribution in [-0.2, 0) is 23.9 Å². The highest BCUT2D eigenvalue weighted by molar-refractivity contribution is 7.86. The molecule has 4 aromatic rings. The fourth-order valence-corrected chi connectivity index (χ4v) is 4.56. The molecular weight excluding hydrogens is 520 g/mol. The molecule has 202 valence electrons. The highest BCUT2D eigenvalue weighted by Gasteiger charge is 2.20. The standard InChI is InChI=1S/C29H28N2O7S/c1-21-11-13-27(14-12-21)39(33,34)37-20-26(15-17-36-29(32)23-7-4-10-25(18-23)35-2)38-31-19-24-8-3-6-22-9-5-16-30-28(22)24/h3-14,16,18-19,26H,15,17,20H2,1-2H3/b31-19+. The van der Waals surface area contributed by atoms with Crippen LogP contribution in [0.1, 0.15) is 27.9 Å². The molecule has 0 saturated heterocycles. The van der Waals surface area contributed by atoms with Crippen molar-refractivity contribution in [2.24, 2.45) is 5.16 Å². The van der Waals surface area contributed by atoms with Gasteiger partial charge in [0.1, 0.15) is 12.4 Å². The number of nitrogens with zero attached hydrogens (tertiary/aromatic N) is 2. The van der Waals surface area contributed by atoms with Crippen LogP contribution >= 0.6 is 0 Å². The SMILES string of the molecule is COc1cccc(C(=O)OCCC(COS(=O)(=O)c2ccc(C)cc2)O/N=C/c2cccc3cccnc23)c1. The van der Waals surface area contributed by atoms with Crippen molar-refractivity contribution in [2.75, 3.05) is 20.3 Å². The van der Waals surface area contributed by atoms with Gasteiger partial charge in [0.2, 0.25) is 0 Å². The molecule has 0 saturated carbocycles. The average Bonchev–Trinajstić information content (AvgIpc) is 2.96. The fraction of sp³-hybridized carbons (Fsp3) is 0.207. The maximum atomic E-state index is 12.7. The molecule has 0 aliphatic carbocycles. The van der Waals surface area contributed by atoms with Gasteiger partial charge in [0.25, 0.3) is 10.1 Å². The van der Waals surface area contributed by atoms with Gasteiger partial charge in [-0.3, -0.25) is 9.17 Å². The summed E-state index contributed by atoms with van der Waals surface area (Å²) in [4.78, 5) is 22.5. The van der Waals surface area contributed by atoms with Crippen LogP contribution in [0, 0.1) is 6.92 Å². The van der Waals surface area contributed by atoms with Crippen LogP contribution in [0.4, 0.5) is 0 Å². The number of ether oxygens (including phenoxy) is 2. The number of aryl methyl sites for hydroxylation is 1. The Balaban J connectivity index is 1.43. The molecule has 10 heteroatoms. The van der Waals surface area contributed by atoms with Crippen molar-refractivity contribution in [2.45, 2.75) is 24.3 Å². The lowest BCUT2D eigenvalue weighted by Crippen LogP contribution is -2.23. The Morgan fingerprint density at radius 1 is 1.03 bits per heavy atom. The third kappa shape index (κ3) is 7.62. The lowest BCUT2D eigenvalue weighted by molar-refractivity contribution is 0.00284. The van der Waals surface area contributed by atoms with E-state index in [1.54, 1.807) is 42.6 Å². The zero-order valence-electron chi connectivity index (χ0n) is 21.5. The van der Waals surface area contributed by atoms with Crippen molar-refractivity contribution in [3.8, 4) is 5.75 Å². The van der Waals surface area contributed by atoms with Crippen molar-refractivity contribution >= 4 is 33.2 Å². The molecule has 0 radical (unpaired) electrons. The van der Waals surface area contributed by atoms with Crippen LogP contribution in [-0.4, -0.2) is 52.0 Å². The number of carbonyl (C=O) groups is 1. The van der Waals surface area contributed by atoms with E-state index in [1.807, 2.05) is 37.3 Å². The Hall–Kier alpha value is -4.28. The predicted octanol–water partition coefficient (Wildman–Crippen LogP) is 4.92. The summed E-state index contributed by atoms with van der Waals surface area (Å²) in [6.45, 7) is 1.47. The quantitative estimate of drug-likeness (QED) is 0.106. The van der Waals surface area contributed by atoms with E-state index in [-0.39, 0.29) is 24.5 Å². The molecule has 9 nitrogen and oxygen atoms in total. The molecule has 0 spiro atoms. The largest absolute Gasteiger partial charge is 0.497 e. The number of carbonyl (C=O) groups excluding carboxylic acids is 1. The van der Waals surface area contributed by atoms with E-state index in [1.165, 1.54) is 25.5 Å². The number of hydrogen-bond acceptors (Lipinski definition) is 9. The minimum absolute atomic E-state index is 0.0293. The van der Waals surface area contributed by atoms with Crippen LogP contribution in [0.5, 0.6) is 5.75 Å². The third-order valence-corrected chi connectivity index (χ3v) is 7.06. The molecule has 0 N–H and O–H groups in total. The van der Waals surface area contributed by atoms with E-state index < -0.39 is 22.2 Å². The topological polar surface area (TPSA) is 113 Å². The third-order valence-electron chi connectivity index (χ3n) is 5.76. The minimum atomic E-state index is -4.03. The van der Waals surface area contributed by atoms with Gasteiger partial charge in [-0.05, 0) is 43.3 Å². The summed E-state index contributed by atoms with van der Waals surface area (Å²) in [6.07, 6.45) is 2.48. The van der Waals surface area contributed by atoms with Gasteiger partial charge in [0, 0.05) is 23.6 Å². The summed E-state index contributed by atoms with van der Waals surface area (Å²) in [5.41, 5.74) is 2.72. The Labute approximate surface area is 227 Å². The second-order valence-corrected chi connectivity index (χ2v) is 10.2. The number of rotatable bonds is 12. The molecule has 1 heterocycles. The number of pyridine rings is 1. The summed E-state index contributed by atoms with van der Waals surface area (Å²) in [5, 5.41) is 5.00. The van der Waals surface area contributed by atoms with E-state index in [2.05, 4.69) is 10.1 Å². The first-order valence-electron chi connectivity index (χ1n) is 12.2. The van der Waals surface area contributed by atoms with Gasteiger partial charge in [-0.15, -0.1) is 0 Å². The van der Waals surface area contributed by atoms with Crippen LogP contribution in [0.3, 0.4) is 0 Å². The number of fused-ring (bicyclic) bond motifs is 1. The lowest BCUT2D eigenvalue weighted by atomic mass is 10.1. The second kappa shape index (κ2) is 13.0. The molecule has 1 aromatic heterocycles. The van der Waals surface area contributed by atoms with E-state index >= 15 is 0 Å². The van der Waals surface area contributed by atoms with Crippen molar-refractivity contribution in [1.29, 1.82) is 0 Å². The van der Waals surface area contributed by atoms with E-state index in [9.17, 15) is 13.2 Å². The van der Waals surface area contributed by atoms with Crippen LogP contribution < -0.4 is 4.74 Å². The first kappa shape index (κ1) is 27.7. The molecule has 0 amide bonds. The van der Waals surface area contributed by atoms with E-state index in [0.717, 1.165) is 22.0 Å². The van der Waals surface area contributed by atoms with Gasteiger partial charge in [-0.1, -0.05) is 53.2 Å². The zero-order chi connectivity index (χ0) is 27.7. The second-order valence-electron chi connectivity index (χ2n) is 8.59. The smallest absolute Gasteiger partial charge is 0.338 e. The zero-order valence-corrected chi connectivity index (χ0v) is 22.3. The molecule has 0 fully saturated rings.